The summed E-state index contributed by atoms with van der Waals surface area (Å²) < 4.78 is 24.8. The topological polar surface area (TPSA) is 68.3 Å². The van der Waals surface area contributed by atoms with E-state index in [9.17, 15) is 18.0 Å². The van der Waals surface area contributed by atoms with E-state index in [0.717, 1.165) is 0 Å². The number of carbonyl (C=O) groups is 2. The molecule has 1 aromatic carbocycles. The van der Waals surface area contributed by atoms with Crippen LogP contribution in [-0.4, -0.2) is 29.8 Å². The van der Waals surface area contributed by atoms with Crippen LogP contribution in [0.4, 0.5) is 0 Å². The summed E-state index contributed by atoms with van der Waals surface area (Å²) in [6.45, 7) is 3.87. The molecule has 1 unspecified atom stereocenters. The zero-order valence-electron chi connectivity index (χ0n) is 14.3. The number of sulfone groups is 1. The predicted molar refractivity (Wildman–Crippen MR) is 105 cm³/mol. The Labute approximate surface area is 167 Å². The smallest absolute Gasteiger partial charge is 0.199 e. The highest BCUT2D eigenvalue weighted by Crippen LogP contribution is 2.43. The molecule has 1 aliphatic carbocycles. The molecule has 140 valence electrons. The Hall–Kier alpha value is -0.820. The Kier molecular flexibility index (Phi) is 5.60. The van der Waals surface area contributed by atoms with E-state index in [1.54, 1.807) is 0 Å². The Morgan fingerprint density at radius 1 is 1.23 bits per heavy atom. The van der Waals surface area contributed by atoms with Crippen molar-refractivity contribution in [3.05, 3.63) is 38.9 Å². The number of Topliss-reactive ketones (excluding diaryl/α,β-unsaturated/α-hetero) is 2. The third-order valence-corrected chi connectivity index (χ3v) is 9.24. The molecular formula is C18H18Cl2O4S2. The number of hydrogen-bond acceptors (Lipinski definition) is 5. The molecule has 1 aromatic rings. The molecule has 1 atom stereocenters. The lowest BCUT2D eigenvalue weighted by atomic mass is 9.91. The number of rotatable bonds is 4. The van der Waals surface area contributed by atoms with Crippen LogP contribution in [0.1, 0.15) is 49.0 Å². The number of halogens is 2. The highest BCUT2D eigenvalue weighted by atomic mass is 35.5. The SMILES string of the molecule is CC(C)SC1Cc2c(ccc(C(=O)C3=C(Cl)CCCC3=O)c2Cl)S1(=O)=O. The van der Waals surface area contributed by atoms with E-state index in [0.29, 0.717) is 18.4 Å². The van der Waals surface area contributed by atoms with Gasteiger partial charge in [-0.15, -0.1) is 11.8 Å². The first-order valence-electron chi connectivity index (χ1n) is 8.32. The first kappa shape index (κ1) is 19.9. The van der Waals surface area contributed by atoms with Crippen molar-refractivity contribution in [2.75, 3.05) is 0 Å². The molecule has 0 aromatic heterocycles. The average molecular weight is 433 g/mol. The van der Waals surface area contributed by atoms with Crippen molar-refractivity contribution in [2.24, 2.45) is 0 Å². The zero-order valence-corrected chi connectivity index (χ0v) is 17.5. The van der Waals surface area contributed by atoms with Crippen molar-refractivity contribution >= 4 is 56.4 Å². The van der Waals surface area contributed by atoms with Gasteiger partial charge in [0.1, 0.15) is 4.58 Å². The second kappa shape index (κ2) is 7.30. The summed E-state index contributed by atoms with van der Waals surface area (Å²) in [6, 6.07) is 2.81. The average Bonchev–Trinajstić information content (AvgIpc) is 2.79. The first-order chi connectivity index (χ1) is 12.1. The fourth-order valence-corrected chi connectivity index (χ4v) is 7.87. The maximum atomic E-state index is 12.9. The standard InChI is InChI=1S/C18H18Cl2O4S2/c1-9(2)25-15-8-11-14(26(15,23)24)7-6-10(17(11)20)18(22)16-12(19)4-3-5-13(16)21/h6-7,9,15H,3-5,8H2,1-2H3. The van der Waals surface area contributed by atoms with Gasteiger partial charge < -0.3 is 0 Å². The second-order valence-electron chi connectivity index (χ2n) is 6.65. The van der Waals surface area contributed by atoms with Crippen molar-refractivity contribution < 1.29 is 18.0 Å². The van der Waals surface area contributed by atoms with Crippen molar-refractivity contribution in [2.45, 2.75) is 54.3 Å². The largest absolute Gasteiger partial charge is 0.294 e. The molecule has 1 aliphatic heterocycles. The summed E-state index contributed by atoms with van der Waals surface area (Å²) in [5.74, 6) is -0.812. The summed E-state index contributed by atoms with van der Waals surface area (Å²) in [5.41, 5.74) is 0.573. The minimum atomic E-state index is -3.49. The van der Waals surface area contributed by atoms with Gasteiger partial charge >= 0.3 is 0 Å². The Morgan fingerprint density at radius 2 is 1.92 bits per heavy atom. The molecule has 0 spiro atoms. The van der Waals surface area contributed by atoms with E-state index >= 15 is 0 Å². The van der Waals surface area contributed by atoms with Crippen molar-refractivity contribution in [3.8, 4) is 0 Å². The number of ketones is 2. The Bertz CT molecular complexity index is 933. The fourth-order valence-electron chi connectivity index (χ4n) is 3.27. The molecule has 26 heavy (non-hydrogen) atoms. The molecule has 1 heterocycles. The van der Waals surface area contributed by atoms with Crippen molar-refractivity contribution in [3.63, 3.8) is 0 Å². The van der Waals surface area contributed by atoms with Gasteiger partial charge in [0.2, 0.25) is 0 Å². The number of carbonyl (C=O) groups excluding carboxylic acids is 2. The quantitative estimate of drug-likeness (QED) is 0.514. The molecule has 4 nitrogen and oxygen atoms in total. The van der Waals surface area contributed by atoms with E-state index in [4.69, 9.17) is 23.2 Å². The van der Waals surface area contributed by atoms with E-state index in [1.807, 2.05) is 13.8 Å². The minimum Gasteiger partial charge on any atom is -0.294 e. The molecule has 0 saturated heterocycles. The monoisotopic (exact) mass is 432 g/mol. The van der Waals surface area contributed by atoms with E-state index < -0.39 is 20.2 Å². The van der Waals surface area contributed by atoms with E-state index in [1.165, 1.54) is 23.9 Å². The third-order valence-electron chi connectivity index (χ3n) is 4.47. The lowest BCUT2D eigenvalue weighted by Crippen LogP contribution is -2.18. The van der Waals surface area contributed by atoms with Gasteiger partial charge in [0.05, 0.1) is 15.5 Å². The van der Waals surface area contributed by atoms with Crippen LogP contribution in [0, 0.1) is 0 Å². The summed E-state index contributed by atoms with van der Waals surface area (Å²) in [7, 11) is -3.49. The van der Waals surface area contributed by atoms with E-state index in [-0.39, 0.29) is 50.0 Å². The number of benzene rings is 1. The lowest BCUT2D eigenvalue weighted by molar-refractivity contribution is -0.115. The van der Waals surface area contributed by atoms with Crippen LogP contribution in [0.5, 0.6) is 0 Å². The van der Waals surface area contributed by atoms with Crippen molar-refractivity contribution in [1.82, 2.24) is 0 Å². The molecule has 3 rings (SSSR count). The normalized spacial score (nSPS) is 22.0. The Morgan fingerprint density at radius 3 is 2.54 bits per heavy atom. The Balaban J connectivity index is 2.05. The molecule has 0 saturated carbocycles. The highest BCUT2D eigenvalue weighted by molar-refractivity contribution is 8.14. The molecule has 0 fully saturated rings. The second-order valence-corrected chi connectivity index (χ2v) is 11.7. The fraction of sp³-hybridized carbons (Fsp3) is 0.444. The van der Waals surface area contributed by atoms with Crippen LogP contribution < -0.4 is 0 Å². The van der Waals surface area contributed by atoms with Gasteiger partial charge in [-0.2, -0.15) is 0 Å². The molecule has 0 N–H and O–H groups in total. The molecular weight excluding hydrogens is 415 g/mol. The summed E-state index contributed by atoms with van der Waals surface area (Å²) in [4.78, 5) is 25.2. The van der Waals surface area contributed by atoms with Crippen LogP contribution in [0.25, 0.3) is 0 Å². The van der Waals surface area contributed by atoms with Gasteiger partial charge in [0.25, 0.3) is 0 Å². The van der Waals surface area contributed by atoms with Crippen LogP contribution in [0.3, 0.4) is 0 Å². The number of fused-ring (bicyclic) bond motifs is 1. The van der Waals surface area contributed by atoms with Gasteiger partial charge in [0, 0.05) is 28.7 Å². The van der Waals surface area contributed by atoms with Crippen LogP contribution in [-0.2, 0) is 21.1 Å². The van der Waals surface area contributed by atoms with Gasteiger partial charge in [-0.1, -0.05) is 37.0 Å². The number of hydrogen-bond donors (Lipinski definition) is 0. The highest BCUT2D eigenvalue weighted by Gasteiger charge is 2.40. The zero-order chi connectivity index (χ0) is 19.2. The number of allylic oxidation sites excluding steroid dienone is 2. The van der Waals surface area contributed by atoms with Crippen LogP contribution >= 0.6 is 35.0 Å². The summed E-state index contributed by atoms with van der Waals surface area (Å²) in [6.07, 6.45) is 1.64. The minimum absolute atomic E-state index is 0.0197. The van der Waals surface area contributed by atoms with Crippen LogP contribution in [0.2, 0.25) is 5.02 Å². The van der Waals surface area contributed by atoms with Crippen molar-refractivity contribution in [1.29, 1.82) is 0 Å². The summed E-state index contributed by atoms with van der Waals surface area (Å²) >= 11 is 13.9. The van der Waals surface area contributed by atoms with Gasteiger partial charge in [-0.05, 0) is 30.5 Å². The maximum Gasteiger partial charge on any atom is 0.199 e. The molecule has 0 radical (unpaired) electrons. The molecule has 0 amide bonds. The predicted octanol–water partition coefficient (Wildman–Crippen LogP) is 4.57. The summed E-state index contributed by atoms with van der Waals surface area (Å²) in [5, 5.41) is 0.509. The van der Waals surface area contributed by atoms with Crippen LogP contribution in [0.15, 0.2) is 27.6 Å². The maximum absolute atomic E-state index is 12.9. The van der Waals surface area contributed by atoms with Gasteiger partial charge in [-0.25, -0.2) is 8.42 Å². The van der Waals surface area contributed by atoms with Gasteiger partial charge in [-0.3, -0.25) is 9.59 Å². The number of thioether (sulfide) groups is 1. The molecule has 0 bridgehead atoms. The first-order valence-corrected chi connectivity index (χ1v) is 11.6. The molecule has 2 aliphatic rings. The lowest BCUT2D eigenvalue weighted by Gasteiger charge is -2.15. The van der Waals surface area contributed by atoms with Gasteiger partial charge in [0.15, 0.2) is 21.4 Å². The molecule has 8 heteroatoms. The third kappa shape index (κ3) is 3.37. The van der Waals surface area contributed by atoms with E-state index in [2.05, 4.69) is 0 Å².